The Labute approximate surface area is 261 Å². The van der Waals surface area contributed by atoms with Gasteiger partial charge in [-0.25, -0.2) is 0 Å². The van der Waals surface area contributed by atoms with E-state index < -0.39 is 47.9 Å². The van der Waals surface area contributed by atoms with Crippen molar-refractivity contribution in [2.45, 2.75) is 50.5 Å². The highest BCUT2D eigenvalue weighted by Gasteiger charge is 2.38. The molecule has 0 saturated carbocycles. The van der Waals surface area contributed by atoms with E-state index >= 15 is 0 Å². The van der Waals surface area contributed by atoms with Gasteiger partial charge in [0.25, 0.3) is 11.8 Å². The summed E-state index contributed by atoms with van der Waals surface area (Å²) in [5.74, 6) is -5.62. The van der Waals surface area contributed by atoms with E-state index in [-0.39, 0.29) is 13.0 Å². The first kappa shape index (κ1) is 31.9. The third-order valence-corrected chi connectivity index (χ3v) is 7.53. The SMILES string of the molecule is C[C@H](NC(=O)C(C)(F)F)[C@H](Oc1ccc(Nc2cccc(C(=O)N3C[C@H](O)C[C@H]3C(N)=O)c2)c(NI)c1)c1ccccc1. The van der Waals surface area contributed by atoms with Crippen LogP contribution in [0.5, 0.6) is 5.75 Å². The van der Waals surface area contributed by atoms with Crippen LogP contribution in [0.4, 0.5) is 25.8 Å². The molecule has 0 bridgehead atoms. The van der Waals surface area contributed by atoms with Crippen LogP contribution in [-0.2, 0) is 9.59 Å². The molecule has 1 heterocycles. The van der Waals surface area contributed by atoms with Crippen molar-refractivity contribution in [3.63, 3.8) is 0 Å². The summed E-state index contributed by atoms with van der Waals surface area (Å²) >= 11 is 1.96. The summed E-state index contributed by atoms with van der Waals surface area (Å²) in [4.78, 5) is 38.2. The highest BCUT2D eigenvalue weighted by Crippen LogP contribution is 2.34. The summed E-state index contributed by atoms with van der Waals surface area (Å²) in [6, 6.07) is 19.1. The average Bonchev–Trinajstić information content (AvgIpc) is 3.38. The Balaban J connectivity index is 1.54. The maximum Gasteiger partial charge on any atom is 0.321 e. The van der Waals surface area contributed by atoms with Crippen LogP contribution in [0.15, 0.2) is 72.8 Å². The van der Waals surface area contributed by atoms with E-state index in [0.29, 0.717) is 40.9 Å². The van der Waals surface area contributed by atoms with Crippen LogP contribution in [0.2, 0.25) is 0 Å². The van der Waals surface area contributed by atoms with Crippen LogP contribution < -0.4 is 24.6 Å². The molecule has 0 aliphatic carbocycles. The third-order valence-electron chi connectivity index (χ3n) is 6.95. The molecule has 3 aromatic carbocycles. The molecule has 3 amide bonds. The molecule has 4 rings (SSSR count). The number of aliphatic hydroxyl groups is 1. The molecule has 3 aromatic rings. The van der Waals surface area contributed by atoms with Crippen LogP contribution in [0.25, 0.3) is 0 Å². The zero-order valence-corrected chi connectivity index (χ0v) is 25.5. The summed E-state index contributed by atoms with van der Waals surface area (Å²) in [5.41, 5.74) is 8.28. The number of amides is 3. The van der Waals surface area contributed by atoms with Crippen molar-refractivity contribution in [1.82, 2.24) is 10.2 Å². The van der Waals surface area contributed by atoms with Crippen LogP contribution in [0.3, 0.4) is 0 Å². The molecular weight excluding hydrogens is 675 g/mol. The number of primary amides is 1. The molecular formula is C30H32F2IN5O5. The summed E-state index contributed by atoms with van der Waals surface area (Å²) in [5, 5.41) is 15.6. The first-order chi connectivity index (χ1) is 20.4. The molecule has 0 unspecified atom stereocenters. The van der Waals surface area contributed by atoms with Crippen molar-refractivity contribution in [2.24, 2.45) is 5.73 Å². The zero-order chi connectivity index (χ0) is 31.3. The molecule has 0 radical (unpaired) electrons. The Morgan fingerprint density at radius 1 is 1.07 bits per heavy atom. The number of alkyl halides is 2. The fourth-order valence-electron chi connectivity index (χ4n) is 4.80. The number of aliphatic hydroxyl groups excluding tert-OH is 1. The molecule has 1 saturated heterocycles. The number of carbonyl (C=O) groups excluding carboxylic acids is 3. The Bertz CT molecular complexity index is 1470. The third kappa shape index (κ3) is 7.90. The molecule has 0 aromatic heterocycles. The molecule has 13 heteroatoms. The zero-order valence-electron chi connectivity index (χ0n) is 23.4. The summed E-state index contributed by atoms with van der Waals surface area (Å²) < 4.78 is 36.5. The maximum absolute atomic E-state index is 13.6. The van der Waals surface area contributed by atoms with Crippen molar-refractivity contribution < 1.29 is 33.0 Å². The lowest BCUT2D eigenvalue weighted by Crippen LogP contribution is -2.46. The number of hydrogen-bond donors (Lipinski definition) is 5. The van der Waals surface area contributed by atoms with Crippen molar-refractivity contribution in [3.8, 4) is 5.75 Å². The van der Waals surface area contributed by atoms with Crippen LogP contribution >= 0.6 is 22.9 Å². The van der Waals surface area contributed by atoms with Gasteiger partial charge in [0.2, 0.25) is 5.91 Å². The van der Waals surface area contributed by atoms with Gasteiger partial charge in [-0.2, -0.15) is 8.78 Å². The number of carbonyl (C=O) groups is 3. The number of rotatable bonds is 11. The van der Waals surface area contributed by atoms with Crippen molar-refractivity contribution >= 4 is 57.6 Å². The molecule has 6 N–H and O–H groups in total. The maximum atomic E-state index is 13.6. The summed E-state index contributed by atoms with van der Waals surface area (Å²) in [7, 11) is 0. The van der Waals surface area contributed by atoms with Gasteiger partial charge in [-0.15, -0.1) is 0 Å². The van der Waals surface area contributed by atoms with E-state index in [1.807, 2.05) is 28.9 Å². The van der Waals surface area contributed by atoms with Gasteiger partial charge in [-0.3, -0.25) is 14.4 Å². The lowest BCUT2D eigenvalue weighted by molar-refractivity contribution is -0.144. The minimum absolute atomic E-state index is 0.0155. The Morgan fingerprint density at radius 2 is 1.79 bits per heavy atom. The van der Waals surface area contributed by atoms with Gasteiger partial charge in [0, 0.05) is 37.2 Å². The standard InChI is InChI=1S/C30H32F2IN5O5/c1-17(35-29(42)30(2,31)32)26(18-7-4-3-5-8-18)43-22-11-12-23(24(15-22)37-33)36-20-10-6-9-19(13-20)28(41)38-16-21(39)14-25(38)27(34)40/h3-13,15,17,21,25-26,36-37,39H,14,16H2,1-2H3,(H2,34,40)(H,35,42)/t17-,21+,25-,26-/m0/s1. The van der Waals surface area contributed by atoms with E-state index in [0.717, 1.165) is 0 Å². The number of hydrogen-bond acceptors (Lipinski definition) is 7. The minimum Gasteiger partial charge on any atom is -0.484 e. The van der Waals surface area contributed by atoms with Gasteiger partial charge < -0.3 is 34.6 Å². The topological polar surface area (TPSA) is 146 Å². The largest absolute Gasteiger partial charge is 0.484 e. The molecule has 1 aliphatic rings. The Hall–Kier alpha value is -3.98. The van der Waals surface area contributed by atoms with E-state index in [9.17, 15) is 28.3 Å². The fourth-order valence-corrected chi connectivity index (χ4v) is 5.25. The van der Waals surface area contributed by atoms with Crippen molar-refractivity contribution in [1.29, 1.82) is 0 Å². The number of halogens is 3. The van der Waals surface area contributed by atoms with Crippen LogP contribution in [0, 0.1) is 0 Å². The summed E-state index contributed by atoms with van der Waals surface area (Å²) in [6.45, 7) is 2.15. The molecule has 228 valence electrons. The number of benzene rings is 3. The number of nitrogens with zero attached hydrogens (tertiary/aromatic N) is 1. The van der Waals surface area contributed by atoms with E-state index in [2.05, 4.69) is 14.2 Å². The lowest BCUT2D eigenvalue weighted by Gasteiger charge is -2.28. The van der Waals surface area contributed by atoms with Gasteiger partial charge in [0.05, 0.1) is 46.4 Å². The van der Waals surface area contributed by atoms with E-state index in [1.54, 1.807) is 73.7 Å². The molecule has 43 heavy (non-hydrogen) atoms. The predicted octanol–water partition coefficient (Wildman–Crippen LogP) is 4.53. The number of ether oxygens (including phenoxy) is 1. The highest BCUT2D eigenvalue weighted by molar-refractivity contribution is 14.1. The molecule has 10 nitrogen and oxygen atoms in total. The van der Waals surface area contributed by atoms with Crippen LogP contribution in [0.1, 0.15) is 42.3 Å². The predicted molar refractivity (Wildman–Crippen MR) is 166 cm³/mol. The number of β-amino-alcohol motifs (C(OH)–C–C–N with tert-alkyl or cyclic N) is 1. The normalized spacial score (nSPS) is 18.0. The van der Waals surface area contributed by atoms with E-state index in [1.165, 1.54) is 4.90 Å². The van der Waals surface area contributed by atoms with Gasteiger partial charge in [-0.1, -0.05) is 36.4 Å². The number of likely N-dealkylation sites (tertiary alicyclic amines) is 1. The van der Waals surface area contributed by atoms with Gasteiger partial charge in [0.15, 0.2) is 0 Å². The van der Waals surface area contributed by atoms with E-state index in [4.69, 9.17) is 10.5 Å². The minimum atomic E-state index is -3.54. The quantitative estimate of drug-likeness (QED) is 0.146. The number of anilines is 3. The molecule has 1 fully saturated rings. The van der Waals surface area contributed by atoms with Crippen molar-refractivity contribution in [2.75, 3.05) is 15.4 Å². The monoisotopic (exact) mass is 707 g/mol. The average molecular weight is 708 g/mol. The Kier molecular flexibility index (Phi) is 10.1. The molecule has 1 aliphatic heterocycles. The fraction of sp³-hybridized carbons (Fsp3) is 0.300. The first-order valence-corrected chi connectivity index (χ1v) is 14.5. The smallest absolute Gasteiger partial charge is 0.321 e. The summed E-state index contributed by atoms with van der Waals surface area (Å²) in [6.07, 6.45) is -1.50. The first-order valence-electron chi connectivity index (χ1n) is 13.4. The van der Waals surface area contributed by atoms with Gasteiger partial charge in [-0.05, 0) is 42.8 Å². The Morgan fingerprint density at radius 3 is 2.44 bits per heavy atom. The molecule has 4 atom stereocenters. The van der Waals surface area contributed by atoms with Crippen LogP contribution in [-0.4, -0.2) is 58.4 Å². The van der Waals surface area contributed by atoms with Crippen molar-refractivity contribution in [3.05, 3.63) is 83.9 Å². The second-order valence-corrected chi connectivity index (χ2v) is 10.9. The molecule has 0 spiro atoms. The lowest BCUT2D eigenvalue weighted by atomic mass is 10.0. The number of nitrogens with one attached hydrogen (secondary N) is 3. The highest BCUT2D eigenvalue weighted by atomic mass is 127. The van der Waals surface area contributed by atoms with Gasteiger partial charge >= 0.3 is 5.92 Å². The second kappa shape index (κ2) is 13.5. The second-order valence-electron chi connectivity index (χ2n) is 10.4. The number of nitrogens with two attached hydrogens (primary N) is 1. The van der Waals surface area contributed by atoms with Gasteiger partial charge in [0.1, 0.15) is 17.9 Å².